The summed E-state index contributed by atoms with van der Waals surface area (Å²) in [5.74, 6) is -0.378. The number of hydrogen-bond acceptors (Lipinski definition) is 2. The second-order valence-electron chi connectivity index (χ2n) is 4.00. The van der Waals surface area contributed by atoms with Gasteiger partial charge in [0.1, 0.15) is 0 Å². The highest BCUT2D eigenvalue weighted by Crippen LogP contribution is 2.18. The lowest BCUT2D eigenvalue weighted by molar-refractivity contribution is -0.120. The first-order valence-electron chi connectivity index (χ1n) is 5.49. The van der Waals surface area contributed by atoms with Crippen LogP contribution in [-0.2, 0) is 4.79 Å². The van der Waals surface area contributed by atoms with Crippen LogP contribution in [0.4, 0.5) is 0 Å². The zero-order chi connectivity index (χ0) is 12.3. The van der Waals surface area contributed by atoms with Crippen LogP contribution >= 0.6 is 15.9 Å². The van der Waals surface area contributed by atoms with Crippen molar-refractivity contribution in [2.24, 2.45) is 0 Å². The van der Waals surface area contributed by atoms with Gasteiger partial charge in [0.25, 0.3) is 5.91 Å². The maximum absolute atomic E-state index is 11.8. The first-order chi connectivity index (χ1) is 8.16. The largest absolute Gasteiger partial charge is 0.352 e. The van der Waals surface area contributed by atoms with Crippen LogP contribution in [0.25, 0.3) is 0 Å². The molecule has 0 aliphatic heterocycles. The maximum Gasteiger partial charge on any atom is 0.252 e. The van der Waals surface area contributed by atoms with E-state index >= 15 is 0 Å². The normalized spacial score (nSPS) is 14.2. The first kappa shape index (κ1) is 12.1. The molecule has 2 amide bonds. The average molecular weight is 297 g/mol. The van der Waals surface area contributed by atoms with Gasteiger partial charge in [-0.1, -0.05) is 12.1 Å². The molecule has 4 nitrogen and oxygen atoms in total. The maximum atomic E-state index is 11.8. The number of amides is 2. The van der Waals surface area contributed by atoms with Crippen LogP contribution in [0.5, 0.6) is 0 Å². The first-order valence-corrected chi connectivity index (χ1v) is 6.28. The van der Waals surface area contributed by atoms with Gasteiger partial charge in [0.05, 0.1) is 12.1 Å². The van der Waals surface area contributed by atoms with Crippen molar-refractivity contribution in [1.29, 1.82) is 0 Å². The fourth-order valence-corrected chi connectivity index (χ4v) is 1.87. The Hall–Kier alpha value is -1.36. The number of halogens is 1. The molecule has 5 heteroatoms. The van der Waals surface area contributed by atoms with Crippen molar-refractivity contribution >= 4 is 27.7 Å². The Balaban J connectivity index is 1.84. The van der Waals surface area contributed by atoms with E-state index in [1.54, 1.807) is 18.2 Å². The Bertz CT molecular complexity index is 444. The van der Waals surface area contributed by atoms with Gasteiger partial charge in [0, 0.05) is 10.5 Å². The van der Waals surface area contributed by atoms with Crippen LogP contribution in [0.2, 0.25) is 0 Å². The standard InChI is InChI=1S/C12H13BrN2O2/c13-10-4-2-1-3-9(10)12(17)14-7-11(16)15-8-5-6-8/h1-4,8H,5-7H2,(H,14,17)(H,15,16). The minimum absolute atomic E-state index is 0.0245. The lowest BCUT2D eigenvalue weighted by Gasteiger charge is -2.07. The van der Waals surface area contributed by atoms with Crippen molar-refractivity contribution in [3.8, 4) is 0 Å². The van der Waals surface area contributed by atoms with Gasteiger partial charge < -0.3 is 10.6 Å². The van der Waals surface area contributed by atoms with Gasteiger partial charge >= 0.3 is 0 Å². The fourth-order valence-electron chi connectivity index (χ4n) is 1.41. The number of carbonyl (C=O) groups is 2. The summed E-state index contributed by atoms with van der Waals surface area (Å²) in [5.41, 5.74) is 0.534. The molecule has 1 aliphatic rings. The lowest BCUT2D eigenvalue weighted by Crippen LogP contribution is -2.37. The van der Waals surface area contributed by atoms with E-state index in [1.807, 2.05) is 6.07 Å². The van der Waals surface area contributed by atoms with Gasteiger partial charge in [0.2, 0.25) is 5.91 Å². The highest BCUT2D eigenvalue weighted by molar-refractivity contribution is 9.10. The molecule has 1 aromatic rings. The lowest BCUT2D eigenvalue weighted by atomic mass is 10.2. The molecule has 0 heterocycles. The Labute approximate surface area is 108 Å². The van der Waals surface area contributed by atoms with Gasteiger partial charge in [-0.05, 0) is 40.9 Å². The molecule has 0 bridgehead atoms. The van der Waals surface area contributed by atoms with E-state index in [4.69, 9.17) is 0 Å². The predicted octanol–water partition coefficient (Wildman–Crippen LogP) is 1.46. The summed E-state index contributed by atoms with van der Waals surface area (Å²) >= 11 is 3.29. The number of rotatable bonds is 4. The van der Waals surface area contributed by atoms with Crippen molar-refractivity contribution in [1.82, 2.24) is 10.6 Å². The molecule has 17 heavy (non-hydrogen) atoms. The number of nitrogens with one attached hydrogen (secondary N) is 2. The van der Waals surface area contributed by atoms with Crippen molar-refractivity contribution in [2.75, 3.05) is 6.54 Å². The number of hydrogen-bond donors (Lipinski definition) is 2. The van der Waals surface area contributed by atoms with Crippen molar-refractivity contribution in [3.63, 3.8) is 0 Å². The molecule has 0 unspecified atom stereocenters. The summed E-state index contributed by atoms with van der Waals surface area (Å²) < 4.78 is 0.722. The Morgan fingerprint density at radius 2 is 2.00 bits per heavy atom. The van der Waals surface area contributed by atoms with Crippen LogP contribution in [0.3, 0.4) is 0 Å². The van der Waals surface area contributed by atoms with E-state index in [1.165, 1.54) is 0 Å². The van der Waals surface area contributed by atoms with Gasteiger partial charge in [-0.2, -0.15) is 0 Å². The second-order valence-corrected chi connectivity index (χ2v) is 4.86. The average Bonchev–Trinajstić information content (AvgIpc) is 3.10. The summed E-state index contributed by atoms with van der Waals surface area (Å²) in [5, 5.41) is 5.40. The van der Waals surface area contributed by atoms with E-state index in [0.29, 0.717) is 11.6 Å². The summed E-state index contributed by atoms with van der Waals surface area (Å²) in [4.78, 5) is 23.1. The molecule has 0 saturated heterocycles. The SMILES string of the molecule is O=C(CNC(=O)c1ccccc1Br)NC1CC1. The van der Waals surface area contributed by atoms with E-state index in [2.05, 4.69) is 26.6 Å². The highest BCUT2D eigenvalue weighted by Gasteiger charge is 2.23. The van der Waals surface area contributed by atoms with Crippen LogP contribution in [0.15, 0.2) is 28.7 Å². The van der Waals surface area contributed by atoms with E-state index in [9.17, 15) is 9.59 Å². The number of carbonyl (C=O) groups excluding carboxylic acids is 2. The van der Waals surface area contributed by atoms with E-state index in [-0.39, 0.29) is 18.4 Å². The second kappa shape index (κ2) is 5.31. The minimum atomic E-state index is -0.247. The summed E-state index contributed by atoms with van der Waals surface area (Å²) in [6.45, 7) is 0.0245. The Kier molecular flexibility index (Phi) is 3.78. The topological polar surface area (TPSA) is 58.2 Å². The van der Waals surface area contributed by atoms with Crippen molar-refractivity contribution in [2.45, 2.75) is 18.9 Å². The molecule has 1 saturated carbocycles. The third-order valence-electron chi connectivity index (χ3n) is 2.47. The summed E-state index contributed by atoms with van der Waals surface area (Å²) in [6.07, 6.45) is 2.09. The van der Waals surface area contributed by atoms with Gasteiger partial charge in [0.15, 0.2) is 0 Å². The molecular weight excluding hydrogens is 284 g/mol. The molecule has 90 valence electrons. The van der Waals surface area contributed by atoms with Gasteiger partial charge in [-0.25, -0.2) is 0 Å². The molecular formula is C12H13BrN2O2. The van der Waals surface area contributed by atoms with Gasteiger partial charge in [-0.3, -0.25) is 9.59 Å². The van der Waals surface area contributed by atoms with E-state index < -0.39 is 0 Å². The minimum Gasteiger partial charge on any atom is -0.352 e. The summed E-state index contributed by atoms with van der Waals surface area (Å²) in [6, 6.07) is 7.44. The predicted molar refractivity (Wildman–Crippen MR) is 67.6 cm³/mol. The number of benzene rings is 1. The zero-order valence-electron chi connectivity index (χ0n) is 9.20. The third-order valence-corrected chi connectivity index (χ3v) is 3.16. The van der Waals surface area contributed by atoms with Crippen LogP contribution in [-0.4, -0.2) is 24.4 Å². The molecule has 0 atom stereocenters. The Morgan fingerprint density at radius 1 is 1.29 bits per heavy atom. The smallest absolute Gasteiger partial charge is 0.252 e. The molecule has 2 rings (SSSR count). The third kappa shape index (κ3) is 3.56. The zero-order valence-corrected chi connectivity index (χ0v) is 10.8. The van der Waals surface area contributed by atoms with E-state index in [0.717, 1.165) is 17.3 Å². The summed E-state index contributed by atoms with van der Waals surface area (Å²) in [7, 11) is 0. The fraction of sp³-hybridized carbons (Fsp3) is 0.333. The van der Waals surface area contributed by atoms with Crippen LogP contribution < -0.4 is 10.6 Å². The monoisotopic (exact) mass is 296 g/mol. The Morgan fingerprint density at radius 3 is 2.65 bits per heavy atom. The highest BCUT2D eigenvalue weighted by atomic mass is 79.9. The molecule has 0 aromatic heterocycles. The molecule has 1 aromatic carbocycles. The molecule has 2 N–H and O–H groups in total. The quantitative estimate of drug-likeness (QED) is 0.884. The van der Waals surface area contributed by atoms with Crippen molar-refractivity contribution < 1.29 is 9.59 Å². The molecule has 1 aliphatic carbocycles. The molecule has 0 radical (unpaired) electrons. The molecule has 0 spiro atoms. The van der Waals surface area contributed by atoms with Gasteiger partial charge in [-0.15, -0.1) is 0 Å². The van der Waals surface area contributed by atoms with Crippen molar-refractivity contribution in [3.05, 3.63) is 34.3 Å². The molecule has 1 fully saturated rings. The van der Waals surface area contributed by atoms with Crippen LogP contribution in [0, 0.1) is 0 Å². The van der Waals surface area contributed by atoms with Crippen LogP contribution in [0.1, 0.15) is 23.2 Å².